The van der Waals surface area contributed by atoms with Gasteiger partial charge in [-0.15, -0.1) is 11.8 Å². The average molecular weight is 255 g/mol. The van der Waals surface area contributed by atoms with Gasteiger partial charge in [0.25, 0.3) is 0 Å². The highest BCUT2D eigenvalue weighted by Gasteiger charge is 2.19. The third-order valence-electron chi connectivity index (χ3n) is 2.92. The van der Waals surface area contributed by atoms with Crippen LogP contribution in [0.2, 0.25) is 0 Å². The number of hydrogen-bond acceptors (Lipinski definition) is 4. The number of ether oxygens (including phenoxy) is 1. The van der Waals surface area contributed by atoms with Crippen molar-refractivity contribution in [3.05, 3.63) is 24.3 Å². The molecule has 0 aliphatic carbocycles. The fraction of sp³-hybridized carbons (Fsp3) is 0.538. The van der Waals surface area contributed by atoms with Crippen molar-refractivity contribution in [1.82, 2.24) is 5.32 Å². The fourth-order valence-corrected chi connectivity index (χ4v) is 2.53. The quantitative estimate of drug-likeness (QED) is 0.733. The molecule has 1 aromatic rings. The molecule has 1 rings (SSSR count). The third-order valence-corrected chi connectivity index (χ3v) is 3.91. The van der Waals surface area contributed by atoms with Gasteiger partial charge in [-0.1, -0.05) is 6.07 Å². The number of nitrogens with one attached hydrogen (secondary N) is 1. The summed E-state index contributed by atoms with van der Waals surface area (Å²) in [6.07, 6.45) is 0.919. The molecule has 2 N–H and O–H groups in total. The van der Waals surface area contributed by atoms with E-state index in [1.165, 1.54) is 4.90 Å². The molecular weight excluding hydrogens is 234 g/mol. The Morgan fingerprint density at radius 1 is 1.47 bits per heavy atom. The number of hydrogen-bond donors (Lipinski definition) is 2. The molecule has 1 atom stereocenters. The number of aliphatic hydroxyl groups excluding tert-OH is 1. The van der Waals surface area contributed by atoms with E-state index < -0.39 is 0 Å². The van der Waals surface area contributed by atoms with Crippen LogP contribution >= 0.6 is 11.8 Å². The van der Waals surface area contributed by atoms with Gasteiger partial charge in [0, 0.05) is 10.4 Å². The zero-order chi connectivity index (χ0) is 12.7. The lowest BCUT2D eigenvalue weighted by atomic mass is 10.0. The first-order chi connectivity index (χ1) is 8.13. The largest absolute Gasteiger partial charge is 0.497 e. The van der Waals surface area contributed by atoms with Crippen molar-refractivity contribution in [2.24, 2.45) is 0 Å². The lowest BCUT2D eigenvalue weighted by Gasteiger charge is -2.26. The van der Waals surface area contributed by atoms with E-state index in [2.05, 4.69) is 11.4 Å². The first-order valence-corrected chi connectivity index (χ1v) is 6.69. The van der Waals surface area contributed by atoms with Crippen LogP contribution in [-0.4, -0.2) is 37.2 Å². The minimum Gasteiger partial charge on any atom is -0.497 e. The fourth-order valence-electron chi connectivity index (χ4n) is 1.37. The number of aliphatic hydroxyl groups is 1. The molecule has 0 saturated carbocycles. The molecule has 0 fully saturated rings. The van der Waals surface area contributed by atoms with E-state index in [0.717, 1.165) is 17.9 Å². The highest BCUT2D eigenvalue weighted by atomic mass is 32.2. The summed E-state index contributed by atoms with van der Waals surface area (Å²) in [5, 5.41) is 12.4. The molecule has 0 amide bonds. The summed E-state index contributed by atoms with van der Waals surface area (Å²) in [6, 6.07) is 8.03. The molecule has 0 spiro atoms. The van der Waals surface area contributed by atoms with Crippen molar-refractivity contribution >= 4 is 11.8 Å². The van der Waals surface area contributed by atoms with Gasteiger partial charge in [0.2, 0.25) is 0 Å². The molecular formula is C13H21NO2S. The molecule has 0 saturated heterocycles. The predicted octanol–water partition coefficient (Wildman–Crippen LogP) is 2.15. The molecule has 0 bridgehead atoms. The first kappa shape index (κ1) is 14.4. The molecule has 4 heteroatoms. The van der Waals surface area contributed by atoms with Crippen molar-refractivity contribution in [2.75, 3.05) is 26.5 Å². The van der Waals surface area contributed by atoms with Crippen molar-refractivity contribution in [3.63, 3.8) is 0 Å². The second-order valence-corrected chi connectivity index (χ2v) is 5.41. The summed E-state index contributed by atoms with van der Waals surface area (Å²) in [4.78, 5) is 1.20. The van der Waals surface area contributed by atoms with Crippen molar-refractivity contribution < 1.29 is 9.84 Å². The number of thioether (sulfide) groups is 1. The molecule has 0 aromatic heterocycles. The molecule has 0 heterocycles. The molecule has 17 heavy (non-hydrogen) atoms. The number of rotatable bonds is 7. The van der Waals surface area contributed by atoms with Gasteiger partial charge in [-0.25, -0.2) is 0 Å². The Morgan fingerprint density at radius 2 is 2.24 bits per heavy atom. The Balaban J connectivity index is 2.45. The first-order valence-electron chi connectivity index (χ1n) is 5.70. The highest BCUT2D eigenvalue weighted by molar-refractivity contribution is 7.99. The Hall–Kier alpha value is -0.710. The minimum atomic E-state index is -0.189. The van der Waals surface area contributed by atoms with Crippen LogP contribution < -0.4 is 10.1 Å². The van der Waals surface area contributed by atoms with E-state index in [1.807, 2.05) is 32.2 Å². The summed E-state index contributed by atoms with van der Waals surface area (Å²) in [6.45, 7) is 2.18. The monoisotopic (exact) mass is 255 g/mol. The van der Waals surface area contributed by atoms with Crippen LogP contribution in [-0.2, 0) is 0 Å². The Kier molecular flexibility index (Phi) is 5.82. The maximum absolute atomic E-state index is 9.27. The Bertz CT molecular complexity index is 340. The third kappa shape index (κ3) is 4.58. The van der Waals surface area contributed by atoms with Crippen LogP contribution in [0.5, 0.6) is 5.75 Å². The van der Waals surface area contributed by atoms with Crippen LogP contribution in [0.3, 0.4) is 0 Å². The number of methoxy groups -OCH3 is 1. The molecule has 0 radical (unpaired) electrons. The molecule has 1 aromatic carbocycles. The summed E-state index contributed by atoms with van der Waals surface area (Å²) in [5.41, 5.74) is -0.189. The standard InChI is InChI=1S/C13H21NO2S/c1-13(10-15,14-2)7-8-17-12-6-4-5-11(9-12)16-3/h4-6,9,14-15H,7-8,10H2,1-3H3. The highest BCUT2D eigenvalue weighted by Crippen LogP contribution is 2.25. The van der Waals surface area contributed by atoms with Crippen LogP contribution in [0.1, 0.15) is 13.3 Å². The zero-order valence-electron chi connectivity index (χ0n) is 10.7. The van der Waals surface area contributed by atoms with E-state index in [1.54, 1.807) is 18.9 Å². The lowest BCUT2D eigenvalue weighted by Crippen LogP contribution is -2.43. The second-order valence-electron chi connectivity index (χ2n) is 4.25. The Morgan fingerprint density at radius 3 is 2.82 bits per heavy atom. The normalized spacial score (nSPS) is 14.4. The lowest BCUT2D eigenvalue weighted by molar-refractivity contribution is 0.179. The van der Waals surface area contributed by atoms with Crippen LogP contribution in [0.25, 0.3) is 0 Å². The molecule has 96 valence electrons. The van der Waals surface area contributed by atoms with Gasteiger partial charge in [0.05, 0.1) is 13.7 Å². The van der Waals surface area contributed by atoms with E-state index in [0.29, 0.717) is 0 Å². The van der Waals surface area contributed by atoms with E-state index in [-0.39, 0.29) is 12.1 Å². The number of likely N-dealkylation sites (N-methyl/N-ethyl adjacent to an activating group) is 1. The van der Waals surface area contributed by atoms with Gasteiger partial charge in [-0.3, -0.25) is 0 Å². The van der Waals surface area contributed by atoms with Crippen LogP contribution in [0.15, 0.2) is 29.2 Å². The predicted molar refractivity (Wildman–Crippen MR) is 72.9 cm³/mol. The molecule has 0 aliphatic rings. The minimum absolute atomic E-state index is 0.155. The van der Waals surface area contributed by atoms with Gasteiger partial charge in [0.15, 0.2) is 0 Å². The Labute approximate surface area is 108 Å². The zero-order valence-corrected chi connectivity index (χ0v) is 11.5. The van der Waals surface area contributed by atoms with Gasteiger partial charge < -0.3 is 15.2 Å². The van der Waals surface area contributed by atoms with Crippen LogP contribution in [0.4, 0.5) is 0 Å². The summed E-state index contributed by atoms with van der Waals surface area (Å²) in [7, 11) is 3.56. The SMILES string of the molecule is CNC(C)(CO)CCSc1cccc(OC)c1. The van der Waals surface area contributed by atoms with Crippen molar-refractivity contribution in [2.45, 2.75) is 23.8 Å². The maximum Gasteiger partial charge on any atom is 0.119 e. The second kappa shape index (κ2) is 6.89. The van der Waals surface area contributed by atoms with Gasteiger partial charge in [-0.2, -0.15) is 0 Å². The summed E-state index contributed by atoms with van der Waals surface area (Å²) < 4.78 is 5.18. The van der Waals surface area contributed by atoms with E-state index in [4.69, 9.17) is 4.74 Å². The van der Waals surface area contributed by atoms with Crippen LogP contribution in [0, 0.1) is 0 Å². The topological polar surface area (TPSA) is 41.5 Å². The smallest absolute Gasteiger partial charge is 0.119 e. The average Bonchev–Trinajstić information content (AvgIpc) is 2.39. The van der Waals surface area contributed by atoms with Crippen molar-refractivity contribution in [1.29, 1.82) is 0 Å². The van der Waals surface area contributed by atoms with E-state index >= 15 is 0 Å². The van der Waals surface area contributed by atoms with Crippen molar-refractivity contribution in [3.8, 4) is 5.75 Å². The summed E-state index contributed by atoms with van der Waals surface area (Å²) in [5.74, 6) is 1.85. The van der Waals surface area contributed by atoms with Gasteiger partial charge >= 0.3 is 0 Å². The summed E-state index contributed by atoms with van der Waals surface area (Å²) >= 11 is 1.78. The van der Waals surface area contributed by atoms with E-state index in [9.17, 15) is 5.11 Å². The van der Waals surface area contributed by atoms with Gasteiger partial charge in [-0.05, 0) is 44.3 Å². The maximum atomic E-state index is 9.27. The molecule has 1 unspecified atom stereocenters. The number of benzene rings is 1. The van der Waals surface area contributed by atoms with Gasteiger partial charge in [0.1, 0.15) is 5.75 Å². The molecule has 3 nitrogen and oxygen atoms in total. The molecule has 0 aliphatic heterocycles.